The van der Waals surface area contributed by atoms with Gasteiger partial charge in [0, 0.05) is 18.3 Å². The molecule has 0 aromatic carbocycles. The molecule has 0 aromatic rings. The van der Waals surface area contributed by atoms with Gasteiger partial charge >= 0.3 is 18.2 Å². The molecule has 0 radical (unpaired) electrons. The van der Waals surface area contributed by atoms with Crippen LogP contribution in [0.2, 0.25) is 0 Å². The van der Waals surface area contributed by atoms with Crippen LogP contribution in [0.4, 0.5) is 18.0 Å². The summed E-state index contributed by atoms with van der Waals surface area (Å²) in [7, 11) is 0. The molecule has 2 fully saturated rings. The summed E-state index contributed by atoms with van der Waals surface area (Å²) in [5, 5.41) is 7.35. The Balaban J connectivity index is 0.000000445. The predicted molar refractivity (Wildman–Crippen MR) is 97.9 cm³/mol. The highest BCUT2D eigenvalue weighted by Gasteiger charge is 2.38. The third-order valence-electron chi connectivity index (χ3n) is 4.04. The number of carboxylic acid groups (broad SMARTS) is 1. The summed E-state index contributed by atoms with van der Waals surface area (Å²) in [6.45, 7) is 7.82. The maximum Gasteiger partial charge on any atom is 0.490 e. The quantitative estimate of drug-likeness (QED) is 0.539. The zero-order chi connectivity index (χ0) is 20.4. The number of likely N-dealkylation sites (tertiary alicyclic amines) is 2. The van der Waals surface area contributed by atoms with Crippen molar-refractivity contribution < 1.29 is 32.6 Å². The van der Waals surface area contributed by atoms with Gasteiger partial charge in [0.05, 0.1) is 6.04 Å². The number of alkyl halides is 3. The second-order valence-electron chi connectivity index (χ2n) is 6.21. The standard InChI is InChI=1S/C15H24N2O2S.C2HF3O2/c1-2-10-19-15(18)17-12-14(20)11-13(17)6-5-9-16-7-3-4-8-16;3-2(4,5)1(6)7/h2,5-6,13-14,20H,1,3-4,7-12H2;(H,6,7)/t13-,14+;/m1./s1. The first-order chi connectivity index (χ1) is 12.6. The van der Waals surface area contributed by atoms with Crippen LogP contribution in [0.15, 0.2) is 24.8 Å². The Kier molecular flexibility index (Phi) is 9.71. The van der Waals surface area contributed by atoms with Crippen molar-refractivity contribution in [1.82, 2.24) is 9.80 Å². The first kappa shape index (κ1) is 23.4. The Bertz CT molecular complexity index is 537. The summed E-state index contributed by atoms with van der Waals surface area (Å²) in [6.07, 6.45) is 4.04. The van der Waals surface area contributed by atoms with Gasteiger partial charge in [-0.2, -0.15) is 25.8 Å². The summed E-state index contributed by atoms with van der Waals surface area (Å²) in [5.41, 5.74) is 0. The number of rotatable bonds is 5. The molecule has 0 saturated carbocycles. The minimum absolute atomic E-state index is 0.109. The Labute approximate surface area is 162 Å². The molecule has 2 atom stereocenters. The molecule has 2 rings (SSSR count). The number of carbonyl (C=O) groups excluding carboxylic acids is 1. The fourth-order valence-corrected chi connectivity index (χ4v) is 3.17. The highest BCUT2D eigenvalue weighted by Crippen LogP contribution is 2.23. The summed E-state index contributed by atoms with van der Waals surface area (Å²) in [6, 6.07) is 0.109. The van der Waals surface area contributed by atoms with E-state index in [9.17, 15) is 18.0 Å². The molecule has 2 aliphatic heterocycles. The number of aliphatic carboxylic acids is 1. The van der Waals surface area contributed by atoms with Crippen molar-refractivity contribution in [2.75, 3.05) is 32.8 Å². The van der Waals surface area contributed by atoms with Crippen LogP contribution >= 0.6 is 12.6 Å². The normalized spacial score (nSPS) is 23.2. The number of carbonyl (C=O) groups is 2. The zero-order valence-corrected chi connectivity index (χ0v) is 15.8. The Morgan fingerprint density at radius 3 is 2.41 bits per heavy atom. The minimum Gasteiger partial charge on any atom is -0.475 e. The van der Waals surface area contributed by atoms with Gasteiger partial charge in [0.1, 0.15) is 6.61 Å². The summed E-state index contributed by atoms with van der Waals surface area (Å²) in [4.78, 5) is 25.1. The van der Waals surface area contributed by atoms with Crippen molar-refractivity contribution in [2.45, 2.75) is 36.7 Å². The second kappa shape index (κ2) is 11.2. The molecule has 0 bridgehead atoms. The number of halogens is 3. The van der Waals surface area contributed by atoms with Crippen molar-refractivity contribution in [3.05, 3.63) is 24.8 Å². The zero-order valence-electron chi connectivity index (χ0n) is 14.9. The van der Waals surface area contributed by atoms with Gasteiger partial charge in [0.2, 0.25) is 0 Å². The van der Waals surface area contributed by atoms with Crippen molar-refractivity contribution in [3.63, 3.8) is 0 Å². The molecule has 0 aliphatic carbocycles. The molecule has 2 aliphatic rings. The van der Waals surface area contributed by atoms with Gasteiger partial charge in [-0.15, -0.1) is 0 Å². The molecule has 27 heavy (non-hydrogen) atoms. The van der Waals surface area contributed by atoms with E-state index in [1.807, 2.05) is 0 Å². The van der Waals surface area contributed by atoms with E-state index in [1.54, 1.807) is 11.0 Å². The highest BCUT2D eigenvalue weighted by atomic mass is 32.1. The number of amides is 1. The number of hydrogen-bond acceptors (Lipinski definition) is 5. The monoisotopic (exact) mass is 410 g/mol. The van der Waals surface area contributed by atoms with Crippen LogP contribution < -0.4 is 0 Å². The van der Waals surface area contributed by atoms with Crippen LogP contribution in [0.1, 0.15) is 19.3 Å². The van der Waals surface area contributed by atoms with Crippen molar-refractivity contribution in [3.8, 4) is 0 Å². The highest BCUT2D eigenvalue weighted by molar-refractivity contribution is 7.81. The molecule has 2 saturated heterocycles. The van der Waals surface area contributed by atoms with Gasteiger partial charge in [0.15, 0.2) is 0 Å². The van der Waals surface area contributed by atoms with Crippen LogP contribution in [-0.4, -0.2) is 77.2 Å². The fraction of sp³-hybridized carbons (Fsp3) is 0.647. The summed E-state index contributed by atoms with van der Waals surface area (Å²) >= 11 is 4.49. The Morgan fingerprint density at radius 1 is 1.30 bits per heavy atom. The number of nitrogens with zero attached hydrogens (tertiary/aromatic N) is 2. The summed E-state index contributed by atoms with van der Waals surface area (Å²) < 4.78 is 36.9. The molecule has 0 unspecified atom stereocenters. The predicted octanol–water partition coefficient (Wildman–Crippen LogP) is 2.97. The van der Waals surface area contributed by atoms with Crippen molar-refractivity contribution in [2.24, 2.45) is 0 Å². The van der Waals surface area contributed by atoms with E-state index in [4.69, 9.17) is 14.6 Å². The second-order valence-corrected chi connectivity index (χ2v) is 6.94. The first-order valence-electron chi connectivity index (χ1n) is 8.56. The van der Waals surface area contributed by atoms with Gasteiger partial charge in [0.25, 0.3) is 0 Å². The SMILES string of the molecule is C=CCOC(=O)N1C[C@@H](S)C[C@H]1C=CCN1CCCC1.O=C(O)C(F)(F)F. The molecule has 1 amide bonds. The molecule has 1 N–H and O–H groups in total. The largest absolute Gasteiger partial charge is 0.490 e. The third-order valence-corrected chi connectivity index (χ3v) is 4.42. The molecule has 0 aromatic heterocycles. The number of hydrogen-bond donors (Lipinski definition) is 2. The topological polar surface area (TPSA) is 70.1 Å². The van der Waals surface area contributed by atoms with E-state index >= 15 is 0 Å². The fourth-order valence-electron chi connectivity index (χ4n) is 2.78. The van der Waals surface area contributed by atoms with Crippen molar-refractivity contribution in [1.29, 1.82) is 0 Å². The van der Waals surface area contributed by atoms with E-state index in [-0.39, 0.29) is 24.0 Å². The average Bonchev–Trinajstić information content (AvgIpc) is 3.22. The first-order valence-corrected chi connectivity index (χ1v) is 9.08. The van der Waals surface area contributed by atoms with Crippen LogP contribution in [0.5, 0.6) is 0 Å². The van der Waals surface area contributed by atoms with Crippen LogP contribution in [-0.2, 0) is 9.53 Å². The minimum atomic E-state index is -5.08. The number of ether oxygens (including phenoxy) is 1. The van der Waals surface area contributed by atoms with Gasteiger partial charge < -0.3 is 14.7 Å². The lowest BCUT2D eigenvalue weighted by molar-refractivity contribution is -0.192. The van der Waals surface area contributed by atoms with Crippen molar-refractivity contribution >= 4 is 24.7 Å². The van der Waals surface area contributed by atoms with Crippen LogP contribution in [0, 0.1) is 0 Å². The smallest absolute Gasteiger partial charge is 0.475 e. The van der Waals surface area contributed by atoms with E-state index in [2.05, 4.69) is 36.3 Å². The molecule has 154 valence electrons. The third kappa shape index (κ3) is 8.70. The Morgan fingerprint density at radius 2 is 1.89 bits per heavy atom. The van der Waals surface area contributed by atoms with Gasteiger partial charge in [-0.1, -0.05) is 24.8 Å². The number of thiol groups is 1. The maximum absolute atomic E-state index is 12.0. The summed E-state index contributed by atoms with van der Waals surface area (Å²) in [5.74, 6) is -2.76. The van der Waals surface area contributed by atoms with E-state index in [1.165, 1.54) is 25.9 Å². The molecule has 0 spiro atoms. The number of carboxylic acids is 1. The van der Waals surface area contributed by atoms with E-state index in [0.29, 0.717) is 6.54 Å². The van der Waals surface area contributed by atoms with Gasteiger partial charge in [-0.05, 0) is 32.4 Å². The van der Waals surface area contributed by atoms with Crippen LogP contribution in [0.3, 0.4) is 0 Å². The molecule has 10 heteroatoms. The lowest BCUT2D eigenvalue weighted by Crippen LogP contribution is -2.35. The maximum atomic E-state index is 12.0. The van der Waals surface area contributed by atoms with E-state index in [0.717, 1.165) is 13.0 Å². The Hall–Kier alpha value is -1.68. The molecule has 2 heterocycles. The van der Waals surface area contributed by atoms with E-state index < -0.39 is 12.1 Å². The molecular formula is C17H25F3N2O4S. The molecule has 6 nitrogen and oxygen atoms in total. The average molecular weight is 410 g/mol. The lowest BCUT2D eigenvalue weighted by Gasteiger charge is -2.21. The molecular weight excluding hydrogens is 385 g/mol. The van der Waals surface area contributed by atoms with Gasteiger partial charge in [-0.25, -0.2) is 9.59 Å². The van der Waals surface area contributed by atoms with Crippen LogP contribution in [0.25, 0.3) is 0 Å². The lowest BCUT2D eigenvalue weighted by atomic mass is 10.2. The van der Waals surface area contributed by atoms with Gasteiger partial charge in [-0.3, -0.25) is 4.90 Å².